The van der Waals surface area contributed by atoms with Crippen molar-refractivity contribution in [3.05, 3.63) is 65.0 Å². The lowest BCUT2D eigenvalue weighted by Gasteiger charge is -2.36. The van der Waals surface area contributed by atoms with Crippen LogP contribution in [0.4, 0.5) is 10.1 Å². The molecule has 3 nitrogen and oxygen atoms in total. The first-order valence-electron chi connectivity index (χ1n) is 7.89. The molecule has 0 aromatic heterocycles. The van der Waals surface area contributed by atoms with Gasteiger partial charge in [-0.05, 0) is 30.7 Å². The Morgan fingerprint density at radius 3 is 2.48 bits per heavy atom. The summed E-state index contributed by atoms with van der Waals surface area (Å²) >= 11 is 0. The van der Waals surface area contributed by atoms with Crippen molar-refractivity contribution in [1.29, 1.82) is 5.26 Å². The van der Waals surface area contributed by atoms with E-state index in [1.165, 1.54) is 17.3 Å². The van der Waals surface area contributed by atoms with Crippen molar-refractivity contribution >= 4 is 5.69 Å². The molecule has 23 heavy (non-hydrogen) atoms. The lowest BCUT2D eigenvalue weighted by atomic mass is 10.1. The smallest absolute Gasteiger partial charge is 0.129 e. The highest BCUT2D eigenvalue weighted by atomic mass is 19.1. The van der Waals surface area contributed by atoms with Crippen LogP contribution in [0.1, 0.15) is 16.7 Å². The van der Waals surface area contributed by atoms with Crippen molar-refractivity contribution in [2.75, 3.05) is 31.1 Å². The van der Waals surface area contributed by atoms with Gasteiger partial charge in [-0.2, -0.15) is 5.26 Å². The van der Waals surface area contributed by atoms with Gasteiger partial charge in [-0.1, -0.05) is 24.3 Å². The lowest BCUT2D eigenvalue weighted by Crippen LogP contribution is -2.46. The number of rotatable bonds is 3. The quantitative estimate of drug-likeness (QED) is 0.871. The van der Waals surface area contributed by atoms with Gasteiger partial charge in [0.2, 0.25) is 0 Å². The number of benzene rings is 2. The van der Waals surface area contributed by atoms with E-state index in [9.17, 15) is 4.39 Å². The summed E-state index contributed by atoms with van der Waals surface area (Å²) in [5, 5.41) is 8.80. The lowest BCUT2D eigenvalue weighted by molar-refractivity contribution is 0.246. The number of halogens is 1. The summed E-state index contributed by atoms with van der Waals surface area (Å²) in [5.41, 5.74) is 3.61. The average molecular weight is 309 g/mol. The van der Waals surface area contributed by atoms with Crippen molar-refractivity contribution in [1.82, 2.24) is 4.90 Å². The number of hydrogen-bond donors (Lipinski definition) is 0. The van der Waals surface area contributed by atoms with Gasteiger partial charge in [0.05, 0.1) is 11.6 Å². The zero-order chi connectivity index (χ0) is 16.2. The summed E-state index contributed by atoms with van der Waals surface area (Å²) in [5.74, 6) is -0.287. The summed E-state index contributed by atoms with van der Waals surface area (Å²) in [6.07, 6.45) is 0. The van der Waals surface area contributed by atoms with Crippen molar-refractivity contribution in [2.24, 2.45) is 0 Å². The average Bonchev–Trinajstić information content (AvgIpc) is 2.58. The first-order chi connectivity index (χ1) is 11.2. The molecule has 0 unspecified atom stereocenters. The Kier molecular flexibility index (Phi) is 4.59. The SMILES string of the molecule is Cc1ccccc1N1CCN(Cc2ccc(C#N)cc2F)CC1. The molecule has 0 amide bonds. The number of para-hydroxylation sites is 1. The molecule has 0 radical (unpaired) electrons. The summed E-state index contributed by atoms with van der Waals surface area (Å²) < 4.78 is 14.0. The maximum atomic E-state index is 14.0. The maximum Gasteiger partial charge on any atom is 0.129 e. The second-order valence-electron chi connectivity index (χ2n) is 5.97. The molecule has 2 aromatic carbocycles. The fourth-order valence-corrected chi connectivity index (χ4v) is 3.05. The van der Waals surface area contributed by atoms with Crippen LogP contribution in [0.5, 0.6) is 0 Å². The molecule has 0 aliphatic carbocycles. The van der Waals surface area contributed by atoms with Gasteiger partial charge in [0, 0.05) is 44.0 Å². The molecule has 1 saturated heterocycles. The van der Waals surface area contributed by atoms with Gasteiger partial charge in [0.15, 0.2) is 0 Å². The number of anilines is 1. The van der Waals surface area contributed by atoms with Crippen molar-refractivity contribution in [3.8, 4) is 6.07 Å². The third kappa shape index (κ3) is 3.52. The van der Waals surface area contributed by atoms with E-state index in [4.69, 9.17) is 5.26 Å². The van der Waals surface area contributed by atoms with Gasteiger partial charge in [-0.15, -0.1) is 0 Å². The Morgan fingerprint density at radius 2 is 1.83 bits per heavy atom. The fourth-order valence-electron chi connectivity index (χ4n) is 3.05. The number of nitriles is 1. The van der Waals surface area contributed by atoms with E-state index in [-0.39, 0.29) is 5.82 Å². The molecule has 0 bridgehead atoms. The Labute approximate surface area is 136 Å². The van der Waals surface area contributed by atoms with E-state index in [1.54, 1.807) is 12.1 Å². The highest BCUT2D eigenvalue weighted by molar-refractivity contribution is 5.53. The van der Waals surface area contributed by atoms with Crippen LogP contribution in [0.3, 0.4) is 0 Å². The second-order valence-corrected chi connectivity index (χ2v) is 5.97. The second kappa shape index (κ2) is 6.80. The minimum atomic E-state index is -0.287. The van der Waals surface area contributed by atoms with Crippen molar-refractivity contribution in [3.63, 3.8) is 0 Å². The van der Waals surface area contributed by atoms with E-state index < -0.39 is 0 Å². The van der Waals surface area contributed by atoms with E-state index in [0.717, 1.165) is 26.2 Å². The molecular weight excluding hydrogens is 289 g/mol. The molecule has 1 heterocycles. The zero-order valence-corrected chi connectivity index (χ0v) is 13.3. The topological polar surface area (TPSA) is 30.3 Å². The Morgan fingerprint density at radius 1 is 1.09 bits per heavy atom. The van der Waals surface area contributed by atoms with Crippen molar-refractivity contribution < 1.29 is 4.39 Å². The first-order valence-corrected chi connectivity index (χ1v) is 7.89. The van der Waals surface area contributed by atoms with Gasteiger partial charge in [-0.3, -0.25) is 4.90 Å². The maximum absolute atomic E-state index is 14.0. The highest BCUT2D eigenvalue weighted by Gasteiger charge is 2.19. The first kappa shape index (κ1) is 15.5. The number of piperazine rings is 1. The van der Waals surface area contributed by atoms with Gasteiger partial charge >= 0.3 is 0 Å². The predicted molar refractivity (Wildman–Crippen MR) is 89.8 cm³/mol. The van der Waals surface area contributed by atoms with Crippen LogP contribution in [0, 0.1) is 24.1 Å². The van der Waals surface area contributed by atoms with Crippen LogP contribution in [-0.4, -0.2) is 31.1 Å². The number of aryl methyl sites for hydroxylation is 1. The zero-order valence-electron chi connectivity index (χ0n) is 13.3. The Balaban J connectivity index is 1.62. The summed E-state index contributed by atoms with van der Waals surface area (Å²) in [6, 6.07) is 15.1. The molecular formula is C19H20FN3. The normalized spacial score (nSPS) is 15.4. The monoisotopic (exact) mass is 309 g/mol. The third-order valence-electron chi connectivity index (χ3n) is 4.40. The van der Waals surface area contributed by atoms with Gasteiger partial charge in [0.25, 0.3) is 0 Å². The van der Waals surface area contributed by atoms with Gasteiger partial charge in [-0.25, -0.2) is 4.39 Å². The highest BCUT2D eigenvalue weighted by Crippen LogP contribution is 2.21. The van der Waals surface area contributed by atoms with Crippen molar-refractivity contribution in [2.45, 2.75) is 13.5 Å². The predicted octanol–water partition coefficient (Wildman–Crippen LogP) is 3.33. The van der Waals surface area contributed by atoms with Crippen LogP contribution in [0.15, 0.2) is 42.5 Å². The van der Waals surface area contributed by atoms with E-state index in [0.29, 0.717) is 17.7 Å². The molecule has 0 N–H and O–H groups in total. The largest absolute Gasteiger partial charge is 0.369 e. The summed E-state index contributed by atoms with van der Waals surface area (Å²) in [7, 11) is 0. The Hall–Kier alpha value is -2.38. The number of nitrogens with zero attached hydrogens (tertiary/aromatic N) is 3. The molecule has 4 heteroatoms. The number of hydrogen-bond acceptors (Lipinski definition) is 3. The summed E-state index contributed by atoms with van der Waals surface area (Å²) in [6.45, 7) is 6.44. The minimum absolute atomic E-state index is 0.287. The summed E-state index contributed by atoms with van der Waals surface area (Å²) in [4.78, 5) is 4.65. The fraction of sp³-hybridized carbons (Fsp3) is 0.316. The van der Waals surface area contributed by atoms with E-state index in [2.05, 4.69) is 41.0 Å². The molecule has 1 fully saturated rings. The van der Waals surface area contributed by atoms with Crippen LogP contribution in [0.25, 0.3) is 0 Å². The molecule has 118 valence electrons. The molecule has 2 aromatic rings. The van der Waals surface area contributed by atoms with E-state index >= 15 is 0 Å². The molecule has 1 aliphatic heterocycles. The van der Waals surface area contributed by atoms with Gasteiger partial charge in [0.1, 0.15) is 5.82 Å². The molecule has 3 rings (SSSR count). The minimum Gasteiger partial charge on any atom is -0.369 e. The molecule has 0 saturated carbocycles. The third-order valence-corrected chi connectivity index (χ3v) is 4.40. The molecule has 1 aliphatic rings. The van der Waals surface area contributed by atoms with Crippen LogP contribution in [-0.2, 0) is 6.54 Å². The van der Waals surface area contributed by atoms with Crippen LogP contribution in [0.2, 0.25) is 0 Å². The van der Waals surface area contributed by atoms with Crippen LogP contribution >= 0.6 is 0 Å². The molecule has 0 spiro atoms. The standard InChI is InChI=1S/C19H20FN3/c1-15-4-2-3-5-19(15)23-10-8-22(9-11-23)14-17-7-6-16(13-21)12-18(17)20/h2-7,12H,8-11,14H2,1H3. The van der Waals surface area contributed by atoms with E-state index in [1.807, 2.05) is 6.07 Å². The molecule has 0 atom stereocenters. The van der Waals surface area contributed by atoms with Gasteiger partial charge < -0.3 is 4.90 Å². The van der Waals surface area contributed by atoms with Crippen LogP contribution < -0.4 is 4.90 Å². The Bertz CT molecular complexity index is 728.